The lowest BCUT2D eigenvalue weighted by Crippen LogP contribution is -2.16. The van der Waals surface area contributed by atoms with Crippen molar-refractivity contribution in [1.29, 1.82) is 0 Å². The first-order valence-corrected chi connectivity index (χ1v) is 8.75. The summed E-state index contributed by atoms with van der Waals surface area (Å²) < 4.78 is 6.47. The Balaban J connectivity index is 1.67. The summed E-state index contributed by atoms with van der Waals surface area (Å²) in [5.41, 5.74) is 5.44. The summed E-state index contributed by atoms with van der Waals surface area (Å²) in [6.45, 7) is 6.51. The number of amides is 1. The lowest BCUT2D eigenvalue weighted by atomic mass is 9.87. The molecule has 0 aliphatic rings. The normalized spacial score (nSPS) is 12.0. The molecule has 0 spiro atoms. The SMILES string of the molecule is CC(C)(C)c1ccc(C=NNC(=O)c2cc3cc(Br)ccc3o2)cc1. The van der Waals surface area contributed by atoms with Crippen LogP contribution in [0.4, 0.5) is 0 Å². The van der Waals surface area contributed by atoms with Gasteiger partial charge in [0.2, 0.25) is 0 Å². The number of benzene rings is 2. The van der Waals surface area contributed by atoms with Crippen LogP contribution in [-0.4, -0.2) is 12.1 Å². The van der Waals surface area contributed by atoms with E-state index in [1.54, 1.807) is 12.3 Å². The molecule has 1 amide bonds. The van der Waals surface area contributed by atoms with E-state index in [2.05, 4.69) is 59.4 Å². The minimum atomic E-state index is -0.380. The number of halogens is 1. The number of hydrogen-bond donors (Lipinski definition) is 1. The first-order chi connectivity index (χ1) is 11.8. The Labute approximate surface area is 155 Å². The highest BCUT2D eigenvalue weighted by molar-refractivity contribution is 9.10. The number of carbonyl (C=O) groups is 1. The zero-order valence-electron chi connectivity index (χ0n) is 14.3. The highest BCUT2D eigenvalue weighted by Crippen LogP contribution is 2.23. The molecule has 4 nitrogen and oxygen atoms in total. The van der Waals surface area contributed by atoms with Gasteiger partial charge in [-0.15, -0.1) is 0 Å². The van der Waals surface area contributed by atoms with Crippen molar-refractivity contribution in [3.63, 3.8) is 0 Å². The van der Waals surface area contributed by atoms with Gasteiger partial charge in [0, 0.05) is 9.86 Å². The highest BCUT2D eigenvalue weighted by atomic mass is 79.9. The number of fused-ring (bicyclic) bond motifs is 1. The van der Waals surface area contributed by atoms with Crippen LogP contribution in [0.5, 0.6) is 0 Å². The van der Waals surface area contributed by atoms with Crippen molar-refractivity contribution in [2.75, 3.05) is 0 Å². The maximum Gasteiger partial charge on any atom is 0.307 e. The number of rotatable bonds is 3. The molecule has 0 saturated heterocycles. The molecule has 0 fully saturated rings. The average molecular weight is 399 g/mol. The second-order valence-electron chi connectivity index (χ2n) is 6.86. The molecule has 5 heteroatoms. The van der Waals surface area contributed by atoms with Crippen molar-refractivity contribution in [1.82, 2.24) is 5.43 Å². The van der Waals surface area contributed by atoms with E-state index in [9.17, 15) is 4.79 Å². The van der Waals surface area contributed by atoms with Gasteiger partial charge in [-0.2, -0.15) is 5.10 Å². The lowest BCUT2D eigenvalue weighted by molar-refractivity contribution is 0.0929. The number of nitrogens with one attached hydrogen (secondary N) is 1. The number of carbonyl (C=O) groups excluding carboxylic acids is 1. The van der Waals surface area contributed by atoms with Crippen molar-refractivity contribution >= 4 is 39.0 Å². The van der Waals surface area contributed by atoms with E-state index in [1.165, 1.54) is 5.56 Å². The van der Waals surface area contributed by atoms with Crippen molar-refractivity contribution in [2.45, 2.75) is 26.2 Å². The molecular formula is C20H19BrN2O2. The molecule has 0 aliphatic heterocycles. The molecule has 1 heterocycles. The average Bonchev–Trinajstić information content (AvgIpc) is 2.97. The van der Waals surface area contributed by atoms with Crippen LogP contribution in [0, 0.1) is 0 Å². The molecule has 3 rings (SSSR count). The van der Waals surface area contributed by atoms with Crippen LogP contribution in [0.2, 0.25) is 0 Å². The Morgan fingerprint density at radius 1 is 1.12 bits per heavy atom. The van der Waals surface area contributed by atoms with Crippen molar-refractivity contribution in [3.05, 3.63) is 69.9 Å². The van der Waals surface area contributed by atoms with Gasteiger partial charge in [0.1, 0.15) is 5.58 Å². The van der Waals surface area contributed by atoms with E-state index in [4.69, 9.17) is 4.42 Å². The van der Waals surface area contributed by atoms with Crippen LogP contribution >= 0.6 is 15.9 Å². The Hall–Kier alpha value is -2.40. The van der Waals surface area contributed by atoms with Crippen LogP contribution < -0.4 is 5.43 Å². The van der Waals surface area contributed by atoms with E-state index >= 15 is 0 Å². The highest BCUT2D eigenvalue weighted by Gasteiger charge is 2.13. The summed E-state index contributed by atoms with van der Waals surface area (Å²) in [5.74, 6) is -0.150. The monoisotopic (exact) mass is 398 g/mol. The van der Waals surface area contributed by atoms with Crippen LogP contribution in [0.25, 0.3) is 11.0 Å². The van der Waals surface area contributed by atoms with Crippen molar-refractivity contribution < 1.29 is 9.21 Å². The van der Waals surface area contributed by atoms with Gasteiger partial charge in [0.15, 0.2) is 5.76 Å². The summed E-state index contributed by atoms with van der Waals surface area (Å²) in [4.78, 5) is 12.1. The number of furan rings is 1. The fourth-order valence-corrected chi connectivity index (χ4v) is 2.79. The van der Waals surface area contributed by atoms with Gasteiger partial charge in [-0.05, 0) is 40.8 Å². The minimum Gasteiger partial charge on any atom is -0.451 e. The lowest BCUT2D eigenvalue weighted by Gasteiger charge is -2.18. The summed E-state index contributed by atoms with van der Waals surface area (Å²) in [6, 6.07) is 15.4. The summed E-state index contributed by atoms with van der Waals surface area (Å²) in [5, 5.41) is 4.87. The smallest absolute Gasteiger partial charge is 0.307 e. The van der Waals surface area contributed by atoms with Gasteiger partial charge < -0.3 is 4.42 Å². The second-order valence-corrected chi connectivity index (χ2v) is 7.78. The first-order valence-electron chi connectivity index (χ1n) is 7.96. The fourth-order valence-electron chi connectivity index (χ4n) is 2.42. The van der Waals surface area contributed by atoms with Gasteiger partial charge >= 0.3 is 5.91 Å². The summed E-state index contributed by atoms with van der Waals surface area (Å²) in [6.07, 6.45) is 1.61. The fraction of sp³-hybridized carbons (Fsp3) is 0.200. The molecule has 1 N–H and O–H groups in total. The zero-order valence-corrected chi connectivity index (χ0v) is 15.9. The van der Waals surface area contributed by atoms with Crippen molar-refractivity contribution in [3.8, 4) is 0 Å². The summed E-state index contributed by atoms with van der Waals surface area (Å²) >= 11 is 3.40. The Morgan fingerprint density at radius 3 is 2.52 bits per heavy atom. The molecule has 25 heavy (non-hydrogen) atoms. The number of hydrogen-bond acceptors (Lipinski definition) is 3. The van der Waals surface area contributed by atoms with Crippen LogP contribution in [0.3, 0.4) is 0 Å². The quantitative estimate of drug-likeness (QED) is 0.483. The third-order valence-corrected chi connectivity index (χ3v) is 4.35. The van der Waals surface area contributed by atoms with E-state index < -0.39 is 0 Å². The Morgan fingerprint density at radius 2 is 1.84 bits per heavy atom. The number of hydrazone groups is 1. The minimum absolute atomic E-state index is 0.111. The van der Waals surface area contributed by atoms with E-state index in [0.29, 0.717) is 5.58 Å². The van der Waals surface area contributed by atoms with Gasteiger partial charge in [-0.1, -0.05) is 61.0 Å². The zero-order chi connectivity index (χ0) is 18.0. The van der Waals surface area contributed by atoms with E-state index in [-0.39, 0.29) is 17.1 Å². The van der Waals surface area contributed by atoms with Crippen molar-refractivity contribution in [2.24, 2.45) is 5.10 Å². The van der Waals surface area contributed by atoms with Crippen LogP contribution in [-0.2, 0) is 5.41 Å². The number of nitrogens with zero attached hydrogens (tertiary/aromatic N) is 1. The van der Waals surface area contributed by atoms with Gasteiger partial charge in [0.05, 0.1) is 6.21 Å². The maximum atomic E-state index is 12.1. The van der Waals surface area contributed by atoms with Gasteiger partial charge in [-0.25, -0.2) is 5.43 Å². The molecule has 128 valence electrons. The maximum absolute atomic E-state index is 12.1. The predicted molar refractivity (Wildman–Crippen MR) is 104 cm³/mol. The molecule has 0 bridgehead atoms. The molecule has 0 unspecified atom stereocenters. The van der Waals surface area contributed by atoms with E-state index in [1.807, 2.05) is 30.3 Å². The molecule has 3 aromatic rings. The van der Waals surface area contributed by atoms with Crippen LogP contribution in [0.1, 0.15) is 42.5 Å². The standard InChI is InChI=1S/C20H19BrN2O2/c1-20(2,3)15-6-4-13(5-7-15)12-22-23-19(24)18-11-14-10-16(21)8-9-17(14)25-18/h4-12H,1-3H3,(H,23,24). The molecular weight excluding hydrogens is 380 g/mol. The molecule has 0 aliphatic carbocycles. The van der Waals surface area contributed by atoms with Gasteiger partial charge in [0.25, 0.3) is 0 Å². The molecule has 0 atom stereocenters. The Bertz CT molecular complexity index is 934. The second kappa shape index (κ2) is 6.84. The third kappa shape index (κ3) is 4.17. The van der Waals surface area contributed by atoms with E-state index in [0.717, 1.165) is 15.4 Å². The molecule has 0 saturated carbocycles. The molecule has 2 aromatic carbocycles. The first kappa shape index (κ1) is 17.4. The third-order valence-electron chi connectivity index (χ3n) is 3.86. The Kier molecular flexibility index (Phi) is 4.77. The summed E-state index contributed by atoms with van der Waals surface area (Å²) in [7, 11) is 0. The molecule has 1 aromatic heterocycles. The molecule has 0 radical (unpaired) electrons. The van der Waals surface area contributed by atoms with Crippen LogP contribution in [0.15, 0.2) is 62.5 Å². The largest absolute Gasteiger partial charge is 0.451 e. The topological polar surface area (TPSA) is 54.6 Å². The van der Waals surface area contributed by atoms with Gasteiger partial charge in [-0.3, -0.25) is 4.79 Å². The predicted octanol–water partition coefficient (Wildman–Crippen LogP) is 5.26.